The predicted molar refractivity (Wildman–Crippen MR) is 97.0 cm³/mol. The van der Waals surface area contributed by atoms with Gasteiger partial charge in [-0.15, -0.1) is 0 Å². The second-order valence-electron chi connectivity index (χ2n) is 7.50. The lowest BCUT2D eigenvalue weighted by Gasteiger charge is -2.31. The average molecular weight is 334 g/mol. The molecule has 3 heterocycles. The third kappa shape index (κ3) is 2.34. The van der Waals surface area contributed by atoms with Gasteiger partial charge in [-0.1, -0.05) is 32.9 Å². The molecular weight excluding hydrogens is 312 g/mol. The van der Waals surface area contributed by atoms with Gasteiger partial charge >= 0.3 is 0 Å². The quantitative estimate of drug-likeness (QED) is 0.845. The van der Waals surface area contributed by atoms with Crippen LogP contribution in [-0.4, -0.2) is 32.6 Å². The fraction of sp³-hybridized carbons (Fsp3) is 0.350. The van der Waals surface area contributed by atoms with Crippen LogP contribution in [0.5, 0.6) is 0 Å². The Kier molecular flexibility index (Phi) is 3.42. The zero-order valence-corrected chi connectivity index (χ0v) is 15.0. The molecule has 0 N–H and O–H groups in total. The summed E-state index contributed by atoms with van der Waals surface area (Å²) >= 11 is 0. The molecule has 1 fully saturated rings. The summed E-state index contributed by atoms with van der Waals surface area (Å²) in [7, 11) is 1.87. The van der Waals surface area contributed by atoms with Crippen molar-refractivity contribution in [1.29, 1.82) is 0 Å². The van der Waals surface area contributed by atoms with Crippen LogP contribution >= 0.6 is 0 Å². The summed E-state index contributed by atoms with van der Waals surface area (Å²) in [6, 6.07) is 3.94. The van der Waals surface area contributed by atoms with Gasteiger partial charge in [0.2, 0.25) is 5.91 Å². The largest absolute Gasteiger partial charge is 0.318 e. The Balaban J connectivity index is 1.72. The minimum absolute atomic E-state index is 0.182. The number of likely N-dealkylation sites (tertiary alicyclic amines) is 1. The number of amides is 1. The summed E-state index contributed by atoms with van der Waals surface area (Å²) in [6.45, 7) is 6.26. The summed E-state index contributed by atoms with van der Waals surface area (Å²) in [5.41, 5.74) is 3.79. The SMILES string of the molecule is CC1C=C(n2cc(-c3cccnc3)cn2)C=C2C1C(C)(C)C(=O)N2C. The fourth-order valence-corrected chi connectivity index (χ4v) is 4.23. The van der Waals surface area contributed by atoms with Crippen LogP contribution < -0.4 is 0 Å². The van der Waals surface area contributed by atoms with E-state index in [0.29, 0.717) is 0 Å². The number of carbonyl (C=O) groups is 1. The van der Waals surface area contributed by atoms with Crippen molar-refractivity contribution in [3.05, 3.63) is 54.8 Å². The van der Waals surface area contributed by atoms with E-state index in [1.807, 2.05) is 56.3 Å². The maximum atomic E-state index is 12.6. The fourth-order valence-electron chi connectivity index (χ4n) is 4.23. The Bertz CT molecular complexity index is 891. The first-order chi connectivity index (χ1) is 11.9. The lowest BCUT2D eigenvalue weighted by atomic mass is 9.71. The highest BCUT2D eigenvalue weighted by atomic mass is 16.2. The molecule has 1 saturated heterocycles. The van der Waals surface area contributed by atoms with Crippen molar-refractivity contribution >= 4 is 11.6 Å². The molecule has 5 heteroatoms. The van der Waals surface area contributed by atoms with Crippen LogP contribution in [-0.2, 0) is 4.79 Å². The van der Waals surface area contributed by atoms with Crippen molar-refractivity contribution < 1.29 is 4.79 Å². The van der Waals surface area contributed by atoms with Crippen LogP contribution in [0.4, 0.5) is 0 Å². The van der Waals surface area contributed by atoms with Gasteiger partial charge in [0, 0.05) is 48.4 Å². The summed E-state index contributed by atoms with van der Waals surface area (Å²) in [5, 5.41) is 4.52. The predicted octanol–water partition coefficient (Wildman–Crippen LogP) is 3.43. The third-order valence-corrected chi connectivity index (χ3v) is 5.44. The highest BCUT2D eigenvalue weighted by Crippen LogP contribution is 2.50. The molecule has 2 aromatic rings. The monoisotopic (exact) mass is 334 g/mol. The normalized spacial score (nSPS) is 24.8. The number of nitrogens with zero attached hydrogens (tertiary/aromatic N) is 4. The zero-order valence-electron chi connectivity index (χ0n) is 15.0. The van der Waals surface area contributed by atoms with Crippen LogP contribution in [0.3, 0.4) is 0 Å². The number of hydrogen-bond donors (Lipinski definition) is 0. The molecule has 0 bridgehead atoms. The van der Waals surface area contributed by atoms with Gasteiger partial charge in [0.25, 0.3) is 0 Å². The summed E-state index contributed by atoms with van der Waals surface area (Å²) in [6.07, 6.45) is 11.8. The number of rotatable bonds is 2. The molecule has 1 amide bonds. The van der Waals surface area contributed by atoms with Gasteiger partial charge < -0.3 is 4.90 Å². The topological polar surface area (TPSA) is 51.0 Å². The number of pyridine rings is 1. The third-order valence-electron chi connectivity index (χ3n) is 5.44. The van der Waals surface area contributed by atoms with E-state index in [1.54, 1.807) is 11.1 Å². The van der Waals surface area contributed by atoms with Crippen LogP contribution in [0.25, 0.3) is 16.8 Å². The molecule has 2 unspecified atom stereocenters. The Morgan fingerprint density at radius 1 is 1.20 bits per heavy atom. The Labute approximate surface area is 147 Å². The molecule has 5 nitrogen and oxygen atoms in total. The van der Waals surface area contributed by atoms with Gasteiger partial charge in [0.1, 0.15) is 0 Å². The average Bonchev–Trinajstić information content (AvgIpc) is 3.15. The van der Waals surface area contributed by atoms with Gasteiger partial charge in [0.05, 0.1) is 17.3 Å². The van der Waals surface area contributed by atoms with Crippen molar-refractivity contribution in [2.45, 2.75) is 20.8 Å². The maximum absolute atomic E-state index is 12.6. The molecule has 25 heavy (non-hydrogen) atoms. The van der Waals surface area contributed by atoms with Gasteiger partial charge in [-0.3, -0.25) is 9.78 Å². The highest BCUT2D eigenvalue weighted by molar-refractivity contribution is 5.89. The van der Waals surface area contributed by atoms with E-state index in [2.05, 4.69) is 29.2 Å². The first-order valence-electron chi connectivity index (χ1n) is 8.56. The first kappa shape index (κ1) is 15.8. The Morgan fingerprint density at radius 3 is 2.72 bits per heavy atom. The van der Waals surface area contributed by atoms with Crippen molar-refractivity contribution in [1.82, 2.24) is 19.7 Å². The van der Waals surface area contributed by atoms with E-state index < -0.39 is 0 Å². The standard InChI is InChI=1S/C20H22N4O/c1-13-8-16(9-17-18(13)20(2,3)19(25)23(17)4)24-12-15(11-22-24)14-6-5-7-21-10-14/h5-13,18H,1-4H3. The van der Waals surface area contributed by atoms with Crippen LogP contribution in [0, 0.1) is 17.3 Å². The van der Waals surface area contributed by atoms with E-state index in [4.69, 9.17) is 0 Å². The summed E-state index contributed by atoms with van der Waals surface area (Å²) < 4.78 is 1.88. The number of aromatic nitrogens is 3. The number of fused-ring (bicyclic) bond motifs is 1. The smallest absolute Gasteiger partial charge is 0.232 e. The van der Waals surface area contributed by atoms with Gasteiger partial charge in [0.15, 0.2) is 0 Å². The summed E-state index contributed by atoms with van der Waals surface area (Å²) in [5.74, 6) is 0.661. The van der Waals surface area contributed by atoms with E-state index in [9.17, 15) is 4.79 Å². The van der Waals surface area contributed by atoms with Gasteiger partial charge in [-0.25, -0.2) is 4.68 Å². The van der Waals surface area contributed by atoms with Crippen LogP contribution in [0.2, 0.25) is 0 Å². The number of carbonyl (C=O) groups excluding carboxylic acids is 1. The number of hydrogen-bond acceptors (Lipinski definition) is 3. The van der Waals surface area contributed by atoms with Crippen LogP contribution in [0.15, 0.2) is 54.8 Å². The molecule has 2 aromatic heterocycles. The van der Waals surface area contributed by atoms with E-state index in [0.717, 1.165) is 22.5 Å². The molecule has 128 valence electrons. The lowest BCUT2D eigenvalue weighted by molar-refractivity contribution is -0.133. The second kappa shape index (κ2) is 5.41. The van der Waals surface area contributed by atoms with E-state index in [-0.39, 0.29) is 23.2 Å². The van der Waals surface area contributed by atoms with Crippen molar-refractivity contribution in [2.24, 2.45) is 17.3 Å². The minimum atomic E-state index is -0.368. The lowest BCUT2D eigenvalue weighted by Crippen LogP contribution is -2.31. The molecule has 0 saturated carbocycles. The summed E-state index contributed by atoms with van der Waals surface area (Å²) in [4.78, 5) is 18.6. The minimum Gasteiger partial charge on any atom is -0.318 e. The molecule has 1 aliphatic carbocycles. The second-order valence-corrected chi connectivity index (χ2v) is 7.50. The van der Waals surface area contributed by atoms with Gasteiger partial charge in [-0.2, -0.15) is 5.10 Å². The van der Waals surface area contributed by atoms with E-state index >= 15 is 0 Å². The molecule has 4 rings (SSSR count). The molecule has 2 aliphatic rings. The van der Waals surface area contributed by atoms with Gasteiger partial charge in [-0.05, 0) is 18.1 Å². The van der Waals surface area contributed by atoms with Crippen molar-refractivity contribution in [2.75, 3.05) is 7.05 Å². The molecule has 0 aromatic carbocycles. The Hall–Kier alpha value is -2.69. The molecule has 2 atom stereocenters. The zero-order chi connectivity index (χ0) is 17.8. The molecule has 1 aliphatic heterocycles. The molecular formula is C20H22N4O. The molecule has 0 spiro atoms. The Morgan fingerprint density at radius 2 is 2.00 bits per heavy atom. The van der Waals surface area contributed by atoms with Crippen molar-refractivity contribution in [3.63, 3.8) is 0 Å². The van der Waals surface area contributed by atoms with Crippen LogP contribution in [0.1, 0.15) is 20.8 Å². The van der Waals surface area contributed by atoms with E-state index in [1.165, 1.54) is 0 Å². The maximum Gasteiger partial charge on any atom is 0.232 e. The highest BCUT2D eigenvalue weighted by Gasteiger charge is 2.51. The number of allylic oxidation sites excluding steroid dienone is 4. The van der Waals surface area contributed by atoms with Crippen molar-refractivity contribution in [3.8, 4) is 11.1 Å². The molecule has 0 radical (unpaired) electrons. The first-order valence-corrected chi connectivity index (χ1v) is 8.56.